The molecular weight excluding hydrogens is 285 g/mol. The first kappa shape index (κ1) is 14.6. The lowest BCUT2D eigenvalue weighted by Crippen LogP contribution is -2.24. The van der Waals surface area contributed by atoms with Gasteiger partial charge in [-0.3, -0.25) is 0 Å². The molecule has 1 aliphatic carbocycles. The number of hydrogen-bond donors (Lipinski definition) is 1. The minimum Gasteiger partial charge on any atom is -0.314 e. The standard InChI is InChI=1S/C14H21Cl2NS/c1-14(2,7-8-17-11-3-4-11)6-5-10-9-12(15)18-13(10)16/h9,11,17H,3-8H2,1-2H3. The van der Waals surface area contributed by atoms with Crippen LogP contribution in [0.5, 0.6) is 0 Å². The molecule has 1 heterocycles. The van der Waals surface area contributed by atoms with Crippen LogP contribution in [0.15, 0.2) is 6.07 Å². The smallest absolute Gasteiger partial charge is 0.0976 e. The number of aryl methyl sites for hydroxylation is 1. The lowest BCUT2D eigenvalue weighted by Gasteiger charge is -2.24. The maximum absolute atomic E-state index is 6.15. The average molecular weight is 306 g/mol. The molecule has 4 heteroatoms. The average Bonchev–Trinajstić information content (AvgIpc) is 3.02. The van der Waals surface area contributed by atoms with Gasteiger partial charge in [0.25, 0.3) is 0 Å². The van der Waals surface area contributed by atoms with Crippen LogP contribution in [0.2, 0.25) is 8.67 Å². The van der Waals surface area contributed by atoms with Gasteiger partial charge in [0, 0.05) is 6.04 Å². The molecule has 1 fully saturated rings. The lowest BCUT2D eigenvalue weighted by atomic mass is 9.83. The molecule has 0 amide bonds. The molecule has 1 aromatic rings. The maximum atomic E-state index is 6.15. The monoisotopic (exact) mass is 305 g/mol. The molecule has 0 spiro atoms. The van der Waals surface area contributed by atoms with Crippen LogP contribution in [0.25, 0.3) is 0 Å². The van der Waals surface area contributed by atoms with Crippen molar-refractivity contribution in [2.75, 3.05) is 6.54 Å². The number of thiophene rings is 1. The molecule has 0 aromatic carbocycles. The van der Waals surface area contributed by atoms with Gasteiger partial charge in [0.15, 0.2) is 0 Å². The van der Waals surface area contributed by atoms with Gasteiger partial charge in [0.2, 0.25) is 0 Å². The Morgan fingerprint density at radius 2 is 2.06 bits per heavy atom. The lowest BCUT2D eigenvalue weighted by molar-refractivity contribution is 0.302. The Labute approximate surface area is 124 Å². The van der Waals surface area contributed by atoms with Gasteiger partial charge < -0.3 is 5.32 Å². The maximum Gasteiger partial charge on any atom is 0.0976 e. The summed E-state index contributed by atoms with van der Waals surface area (Å²) in [6, 6.07) is 2.82. The Bertz CT molecular complexity index is 396. The van der Waals surface area contributed by atoms with Crippen LogP contribution in [-0.2, 0) is 6.42 Å². The normalized spacial score (nSPS) is 16.2. The van der Waals surface area contributed by atoms with Crippen LogP contribution in [0, 0.1) is 5.41 Å². The van der Waals surface area contributed by atoms with Crippen LogP contribution < -0.4 is 5.32 Å². The van der Waals surface area contributed by atoms with Crippen LogP contribution in [0.3, 0.4) is 0 Å². The van der Waals surface area contributed by atoms with E-state index in [-0.39, 0.29) is 0 Å². The highest BCUT2D eigenvalue weighted by Crippen LogP contribution is 2.35. The molecule has 2 rings (SSSR count). The van der Waals surface area contributed by atoms with Gasteiger partial charge in [0.05, 0.1) is 8.67 Å². The van der Waals surface area contributed by atoms with Crippen LogP contribution >= 0.6 is 34.5 Å². The third-order valence-electron chi connectivity index (χ3n) is 3.61. The van der Waals surface area contributed by atoms with Gasteiger partial charge in [0.1, 0.15) is 0 Å². The molecule has 1 aliphatic rings. The fraction of sp³-hybridized carbons (Fsp3) is 0.714. The second-order valence-corrected chi connectivity index (χ2v) is 8.28. The first-order chi connectivity index (χ1) is 8.46. The third kappa shape index (κ3) is 4.73. The molecule has 1 N–H and O–H groups in total. The Kier molecular flexibility index (Phi) is 4.99. The highest BCUT2D eigenvalue weighted by Gasteiger charge is 2.23. The van der Waals surface area contributed by atoms with E-state index in [0.29, 0.717) is 5.41 Å². The summed E-state index contributed by atoms with van der Waals surface area (Å²) in [4.78, 5) is 0. The van der Waals surface area contributed by atoms with Gasteiger partial charge in [-0.2, -0.15) is 0 Å². The molecule has 1 aromatic heterocycles. The summed E-state index contributed by atoms with van der Waals surface area (Å²) in [6.07, 6.45) is 6.14. The second-order valence-electron chi connectivity index (χ2n) is 5.99. The number of halogens is 2. The molecule has 102 valence electrons. The van der Waals surface area contributed by atoms with E-state index in [0.717, 1.165) is 34.1 Å². The molecule has 1 nitrogen and oxygen atoms in total. The molecule has 0 atom stereocenters. The van der Waals surface area contributed by atoms with Gasteiger partial charge in [-0.1, -0.05) is 37.0 Å². The summed E-state index contributed by atoms with van der Waals surface area (Å²) in [5.74, 6) is 0. The van der Waals surface area contributed by atoms with E-state index < -0.39 is 0 Å². The van der Waals surface area contributed by atoms with E-state index in [4.69, 9.17) is 23.2 Å². The summed E-state index contributed by atoms with van der Waals surface area (Å²) in [5.41, 5.74) is 1.56. The molecule has 1 saturated carbocycles. The van der Waals surface area contributed by atoms with Gasteiger partial charge in [-0.25, -0.2) is 0 Å². The second kappa shape index (κ2) is 6.13. The molecule has 0 unspecified atom stereocenters. The van der Waals surface area contributed by atoms with Gasteiger partial charge in [-0.15, -0.1) is 11.3 Å². The minimum atomic E-state index is 0.361. The summed E-state index contributed by atoms with van der Waals surface area (Å²) in [6.45, 7) is 5.81. The quantitative estimate of drug-likeness (QED) is 0.734. The fourth-order valence-electron chi connectivity index (χ4n) is 2.04. The van der Waals surface area contributed by atoms with Crippen molar-refractivity contribution in [3.63, 3.8) is 0 Å². The molecule has 0 aliphatic heterocycles. The molecule has 0 bridgehead atoms. The van der Waals surface area contributed by atoms with Crippen molar-refractivity contribution in [2.45, 2.75) is 52.0 Å². The Morgan fingerprint density at radius 1 is 1.33 bits per heavy atom. The van der Waals surface area contributed by atoms with Crippen molar-refractivity contribution in [1.82, 2.24) is 5.32 Å². The first-order valence-electron chi connectivity index (χ1n) is 6.63. The van der Waals surface area contributed by atoms with Gasteiger partial charge in [-0.05, 0) is 55.7 Å². The Balaban J connectivity index is 1.74. The van der Waals surface area contributed by atoms with E-state index in [1.54, 1.807) is 0 Å². The van der Waals surface area contributed by atoms with Crippen LogP contribution in [-0.4, -0.2) is 12.6 Å². The summed E-state index contributed by atoms with van der Waals surface area (Å²) in [7, 11) is 0. The predicted molar refractivity (Wildman–Crippen MR) is 82.1 cm³/mol. The summed E-state index contributed by atoms with van der Waals surface area (Å²) in [5, 5.41) is 3.58. The van der Waals surface area contributed by atoms with Gasteiger partial charge >= 0.3 is 0 Å². The SMILES string of the molecule is CC(C)(CCNC1CC1)CCc1cc(Cl)sc1Cl. The zero-order chi connectivity index (χ0) is 13.2. The largest absolute Gasteiger partial charge is 0.314 e. The predicted octanol–water partition coefficient (Wildman–Crippen LogP) is 5.16. The molecular formula is C14H21Cl2NS. The highest BCUT2D eigenvalue weighted by atomic mass is 35.5. The highest BCUT2D eigenvalue weighted by molar-refractivity contribution is 7.20. The minimum absolute atomic E-state index is 0.361. The molecule has 18 heavy (non-hydrogen) atoms. The zero-order valence-corrected chi connectivity index (χ0v) is 13.4. The van der Waals surface area contributed by atoms with Crippen LogP contribution in [0.4, 0.5) is 0 Å². The topological polar surface area (TPSA) is 12.0 Å². The Morgan fingerprint density at radius 3 is 2.61 bits per heavy atom. The van der Waals surface area contributed by atoms with Crippen molar-refractivity contribution in [1.29, 1.82) is 0 Å². The van der Waals surface area contributed by atoms with E-state index in [9.17, 15) is 0 Å². The number of nitrogens with one attached hydrogen (secondary N) is 1. The summed E-state index contributed by atoms with van der Waals surface area (Å²) >= 11 is 13.6. The summed E-state index contributed by atoms with van der Waals surface area (Å²) < 4.78 is 1.65. The molecule has 0 saturated heterocycles. The van der Waals surface area contributed by atoms with Crippen LogP contribution in [0.1, 0.15) is 45.1 Å². The van der Waals surface area contributed by atoms with Crippen molar-refractivity contribution in [3.05, 3.63) is 20.3 Å². The van der Waals surface area contributed by atoms with Crippen molar-refractivity contribution >= 4 is 34.5 Å². The van der Waals surface area contributed by atoms with E-state index in [1.165, 1.54) is 36.2 Å². The van der Waals surface area contributed by atoms with Crippen molar-refractivity contribution < 1.29 is 0 Å². The first-order valence-corrected chi connectivity index (χ1v) is 8.21. The number of rotatable bonds is 7. The van der Waals surface area contributed by atoms with Crippen molar-refractivity contribution in [3.8, 4) is 0 Å². The molecule has 0 radical (unpaired) electrons. The van der Waals surface area contributed by atoms with E-state index in [1.807, 2.05) is 6.07 Å². The van der Waals surface area contributed by atoms with E-state index in [2.05, 4.69) is 19.2 Å². The number of hydrogen-bond acceptors (Lipinski definition) is 2. The van der Waals surface area contributed by atoms with E-state index >= 15 is 0 Å². The third-order valence-corrected chi connectivity index (χ3v) is 5.18. The zero-order valence-electron chi connectivity index (χ0n) is 11.1. The Hall–Kier alpha value is 0.240. The fourth-order valence-corrected chi connectivity index (χ4v) is 3.59. The van der Waals surface area contributed by atoms with Crippen molar-refractivity contribution in [2.24, 2.45) is 5.41 Å².